The van der Waals surface area contributed by atoms with Crippen LogP contribution in [0.4, 0.5) is 0 Å². The maximum Gasteiger partial charge on any atom is 0.339 e. The molecule has 0 aliphatic carbocycles. The molecule has 11 rings (SSSR count). The van der Waals surface area contributed by atoms with Crippen molar-refractivity contribution in [1.82, 2.24) is 0 Å². The molecule has 0 radical (unpaired) electrons. The highest BCUT2D eigenvalue weighted by Gasteiger charge is 2.39. The lowest BCUT2D eigenvalue weighted by Crippen LogP contribution is -2.29. The first-order valence-electron chi connectivity index (χ1n) is 33.6. The van der Waals surface area contributed by atoms with Gasteiger partial charge in [-0.1, -0.05) is 172 Å². The summed E-state index contributed by atoms with van der Waals surface area (Å²) in [6.45, 7) is 36.9. The van der Waals surface area contributed by atoms with Gasteiger partial charge >= 0.3 is 17.9 Å². The van der Waals surface area contributed by atoms with Crippen LogP contribution in [0.15, 0.2) is 156 Å². The Kier molecular flexibility index (Phi) is 23.1. The van der Waals surface area contributed by atoms with E-state index in [1.54, 1.807) is 0 Å². The minimum Gasteiger partial charge on any atom is -0.489 e. The number of benzene rings is 9. The Morgan fingerprint density at radius 2 is 0.798 bits per heavy atom. The van der Waals surface area contributed by atoms with Gasteiger partial charge in [0, 0.05) is 37.9 Å². The van der Waals surface area contributed by atoms with Crippen molar-refractivity contribution in [1.29, 1.82) is 0 Å². The summed E-state index contributed by atoms with van der Waals surface area (Å²) in [5, 5.41) is 10.2. The summed E-state index contributed by atoms with van der Waals surface area (Å²) >= 11 is 3.59. The molecule has 2 aliphatic heterocycles. The van der Waals surface area contributed by atoms with Crippen molar-refractivity contribution in [2.45, 2.75) is 180 Å². The molecular weight excluding hydrogens is 1300 g/mol. The first-order chi connectivity index (χ1) is 46.7. The molecule has 518 valence electrons. The quantitative estimate of drug-likeness (QED) is 0.0975. The van der Waals surface area contributed by atoms with Crippen molar-refractivity contribution in [2.24, 2.45) is 0 Å². The smallest absolute Gasteiger partial charge is 0.339 e. The first kappa shape index (κ1) is 74.4. The summed E-state index contributed by atoms with van der Waals surface area (Å²) in [6, 6.07) is 51.5. The number of aliphatic carboxylic acids is 1. The lowest BCUT2D eigenvalue weighted by atomic mass is 9.81. The number of esters is 2. The lowest BCUT2D eigenvalue weighted by Gasteiger charge is -2.33. The van der Waals surface area contributed by atoms with Crippen molar-refractivity contribution >= 4 is 33.8 Å². The fourth-order valence-electron chi connectivity index (χ4n) is 13.1. The molecule has 0 saturated carbocycles. The van der Waals surface area contributed by atoms with E-state index in [1.165, 1.54) is 30.9 Å². The summed E-state index contributed by atoms with van der Waals surface area (Å²) in [4.78, 5) is 38.6. The lowest BCUT2D eigenvalue weighted by molar-refractivity contribution is -0.164. The van der Waals surface area contributed by atoms with Crippen LogP contribution in [0.3, 0.4) is 0 Å². The van der Waals surface area contributed by atoms with Crippen LogP contribution in [0.2, 0.25) is 0 Å². The molecule has 2 aliphatic rings. The zero-order chi connectivity index (χ0) is 72.2. The molecule has 13 heteroatoms. The molecule has 0 aromatic heterocycles. The molecule has 12 nitrogen and oxygen atoms in total. The van der Waals surface area contributed by atoms with Gasteiger partial charge in [-0.3, -0.25) is 0 Å². The number of ether oxygens (including phenoxy) is 8. The molecule has 0 fully saturated rings. The number of carboxylic acids is 1. The van der Waals surface area contributed by atoms with Gasteiger partial charge in [-0.05, 0) is 226 Å². The van der Waals surface area contributed by atoms with Crippen molar-refractivity contribution in [3.63, 3.8) is 0 Å². The number of aryl methyl sites for hydroxylation is 4. The maximum atomic E-state index is 13.1. The molecular formula is C86H95BrO12. The predicted octanol–water partition coefficient (Wildman–Crippen LogP) is 21.3. The van der Waals surface area contributed by atoms with Crippen LogP contribution in [-0.2, 0) is 57.9 Å². The van der Waals surface area contributed by atoms with Gasteiger partial charge in [0.25, 0.3) is 0 Å². The zero-order valence-corrected chi connectivity index (χ0v) is 62.7. The Labute approximate surface area is 594 Å². The van der Waals surface area contributed by atoms with Crippen LogP contribution in [0.5, 0.6) is 17.2 Å². The average Bonchev–Trinajstić information content (AvgIpc) is 0.742. The van der Waals surface area contributed by atoms with Gasteiger partial charge in [0.1, 0.15) is 37.1 Å². The second-order valence-corrected chi connectivity index (χ2v) is 29.5. The van der Waals surface area contributed by atoms with E-state index in [0.29, 0.717) is 31.1 Å². The average molecular weight is 1400 g/mol. The van der Waals surface area contributed by atoms with Crippen molar-refractivity contribution in [3.05, 3.63) is 240 Å². The van der Waals surface area contributed by atoms with Crippen molar-refractivity contribution in [2.75, 3.05) is 14.2 Å². The third kappa shape index (κ3) is 16.9. The molecule has 3 atom stereocenters. The standard InChI is InChI=1S/C29H33BrO4.C29H32O4.C28H30O4/c1-18-12-14-21(15-13-18)25-19(2)16-24(33-17-22-10-8-9-11-23(22)30)20(3)26(25)27(28(31)32-7)34-29(4,5)6;1-17-12-14-20(15-13-17)23-18(2)24-22-11-9-8-10-21(22)16-32-26(24)19(3)25(23)27(28(30)31-7)33-29(4,5)6;1-16-11-13-19(14-12-16)22-17(2)23-21-10-8-7-9-20(21)15-31-25(23)18(3)24(22)26(27(29)30)32-28(4,5)6/h8-16,27H,17H2,1-7H3;8-15,27H,16H2,1-7H3;7-14,26H,15H2,1-6H3,(H,29,30)/t2*27-;26-/m000/s1. The van der Waals surface area contributed by atoms with Gasteiger partial charge in [0.2, 0.25) is 0 Å². The molecule has 0 amide bonds. The fourth-order valence-corrected chi connectivity index (χ4v) is 13.5. The number of hydrogen-bond acceptors (Lipinski definition) is 11. The maximum absolute atomic E-state index is 13.1. The molecule has 2 heterocycles. The molecule has 0 saturated heterocycles. The topological polar surface area (TPSA) is 145 Å². The highest BCUT2D eigenvalue weighted by molar-refractivity contribution is 9.10. The van der Waals surface area contributed by atoms with E-state index in [1.807, 2.05) is 145 Å². The van der Waals surface area contributed by atoms with Crippen LogP contribution in [-0.4, -0.2) is 54.0 Å². The molecule has 9 aromatic carbocycles. The van der Waals surface area contributed by atoms with E-state index in [0.717, 1.165) is 133 Å². The van der Waals surface area contributed by atoms with Gasteiger partial charge in [-0.15, -0.1) is 0 Å². The molecule has 9 aromatic rings. The van der Waals surface area contributed by atoms with Crippen molar-refractivity contribution < 1.29 is 57.4 Å². The van der Waals surface area contributed by atoms with Gasteiger partial charge in [0.15, 0.2) is 18.3 Å². The molecule has 0 unspecified atom stereocenters. The predicted molar refractivity (Wildman–Crippen MR) is 399 cm³/mol. The third-order valence-corrected chi connectivity index (χ3v) is 18.5. The van der Waals surface area contributed by atoms with E-state index in [9.17, 15) is 19.5 Å². The van der Waals surface area contributed by atoms with Gasteiger partial charge in [0.05, 0.1) is 31.0 Å². The van der Waals surface area contributed by atoms with Crippen LogP contribution >= 0.6 is 15.9 Å². The second-order valence-electron chi connectivity index (χ2n) is 28.7. The summed E-state index contributed by atoms with van der Waals surface area (Å²) in [5.74, 6) is 0.405. The van der Waals surface area contributed by atoms with Crippen LogP contribution in [0.1, 0.15) is 164 Å². The molecule has 0 spiro atoms. The van der Waals surface area contributed by atoms with E-state index in [4.69, 9.17) is 37.9 Å². The van der Waals surface area contributed by atoms with Gasteiger partial charge in [-0.25, -0.2) is 14.4 Å². The van der Waals surface area contributed by atoms with E-state index >= 15 is 0 Å². The van der Waals surface area contributed by atoms with Crippen molar-refractivity contribution in [3.8, 4) is 72.9 Å². The minimum absolute atomic E-state index is 0.397. The Bertz CT molecular complexity index is 4450. The number of fused-ring (bicyclic) bond motifs is 6. The SMILES string of the molecule is COC(=O)[C@@H](OC(C)(C)C)c1c(C)c(OCc2ccccc2Br)cc(C)c1-c1ccc(C)cc1.COC(=O)[C@@H](OC(C)(C)C)c1c(C)c2c(c(C)c1-c1ccc(C)cc1)-c1ccccc1CO2.Cc1ccc(-c2c(C)c3c(c(C)c2[C@H](OC(C)(C)C)C(=O)O)OCc2ccccc2-3)cc1. The third-order valence-electron chi connectivity index (χ3n) is 17.7. The minimum atomic E-state index is -1.11. The number of carbonyl (C=O) groups is 3. The monoisotopic (exact) mass is 1400 g/mol. The number of halogens is 1. The molecule has 1 N–H and O–H groups in total. The van der Waals surface area contributed by atoms with E-state index in [2.05, 4.69) is 147 Å². The van der Waals surface area contributed by atoms with E-state index < -0.39 is 53.0 Å². The second kappa shape index (κ2) is 30.7. The van der Waals surface area contributed by atoms with Crippen LogP contribution in [0.25, 0.3) is 55.6 Å². The Morgan fingerprint density at radius 3 is 1.18 bits per heavy atom. The summed E-state index contributed by atoms with van der Waals surface area (Å²) in [6.07, 6.45) is -2.89. The summed E-state index contributed by atoms with van der Waals surface area (Å²) in [7, 11) is 2.79. The Hall–Kier alpha value is -8.85. The van der Waals surface area contributed by atoms with E-state index in [-0.39, 0.29) is 0 Å². The molecule has 99 heavy (non-hydrogen) atoms. The van der Waals surface area contributed by atoms with Crippen LogP contribution in [0, 0.1) is 62.3 Å². The summed E-state index contributed by atoms with van der Waals surface area (Å²) in [5.41, 5.74) is 23.3. The van der Waals surface area contributed by atoms with Gasteiger partial charge in [-0.2, -0.15) is 0 Å². The number of rotatable bonds is 15. The highest BCUT2D eigenvalue weighted by atomic mass is 79.9. The number of carboxylic acid groups (broad SMARTS) is 1. The fraction of sp³-hybridized carbons (Fsp3) is 0.337. The zero-order valence-electron chi connectivity index (χ0n) is 61.1. The number of carbonyl (C=O) groups excluding carboxylic acids is 2. The largest absolute Gasteiger partial charge is 0.489 e. The highest BCUT2D eigenvalue weighted by Crippen LogP contribution is 2.53. The molecule has 0 bridgehead atoms. The Balaban J connectivity index is 0.000000174. The van der Waals surface area contributed by atoms with Crippen LogP contribution < -0.4 is 14.2 Å². The Morgan fingerprint density at radius 1 is 0.444 bits per heavy atom. The number of hydrogen-bond donors (Lipinski definition) is 1. The van der Waals surface area contributed by atoms with Gasteiger partial charge < -0.3 is 43.0 Å². The summed E-state index contributed by atoms with van der Waals surface area (Å²) < 4.78 is 48.9. The first-order valence-corrected chi connectivity index (χ1v) is 34.4. The normalized spacial score (nSPS) is 13.2. The number of methoxy groups -OCH3 is 2.